The SMILES string of the molecule is CC(C)(C)c1cc(NC(=O)C2(N)CCOCC2)n[nH]1. The molecule has 6 heteroatoms. The van der Waals surface area contributed by atoms with Crippen LogP contribution in [0.15, 0.2) is 6.07 Å². The summed E-state index contributed by atoms with van der Waals surface area (Å²) in [6.45, 7) is 7.29. The Hall–Kier alpha value is -1.40. The van der Waals surface area contributed by atoms with Crippen LogP contribution >= 0.6 is 0 Å². The van der Waals surface area contributed by atoms with Gasteiger partial charge in [0, 0.05) is 30.4 Å². The zero-order valence-corrected chi connectivity index (χ0v) is 11.7. The second kappa shape index (κ2) is 4.94. The van der Waals surface area contributed by atoms with Crippen LogP contribution < -0.4 is 11.1 Å². The summed E-state index contributed by atoms with van der Waals surface area (Å²) in [4.78, 5) is 12.2. The van der Waals surface area contributed by atoms with E-state index in [0.717, 1.165) is 5.69 Å². The molecule has 0 radical (unpaired) electrons. The summed E-state index contributed by atoms with van der Waals surface area (Å²) in [5, 5.41) is 9.82. The van der Waals surface area contributed by atoms with Gasteiger partial charge in [0.15, 0.2) is 5.82 Å². The van der Waals surface area contributed by atoms with Gasteiger partial charge in [-0.1, -0.05) is 20.8 Å². The number of carbonyl (C=O) groups is 1. The fourth-order valence-electron chi connectivity index (χ4n) is 1.97. The molecule has 0 saturated carbocycles. The van der Waals surface area contributed by atoms with E-state index in [9.17, 15) is 4.79 Å². The van der Waals surface area contributed by atoms with Crippen molar-refractivity contribution in [2.24, 2.45) is 5.73 Å². The molecule has 1 saturated heterocycles. The molecule has 1 aliphatic heterocycles. The monoisotopic (exact) mass is 266 g/mol. The van der Waals surface area contributed by atoms with Crippen LogP contribution in [0.5, 0.6) is 0 Å². The highest BCUT2D eigenvalue weighted by atomic mass is 16.5. The molecule has 0 spiro atoms. The number of aromatic amines is 1. The average molecular weight is 266 g/mol. The maximum absolute atomic E-state index is 12.2. The van der Waals surface area contributed by atoms with Gasteiger partial charge in [0.2, 0.25) is 5.91 Å². The number of aromatic nitrogens is 2. The molecule has 6 nitrogen and oxygen atoms in total. The van der Waals surface area contributed by atoms with Gasteiger partial charge >= 0.3 is 0 Å². The summed E-state index contributed by atoms with van der Waals surface area (Å²) in [5.74, 6) is 0.328. The standard InChI is InChI=1S/C13H22N4O2/c1-12(2,3)9-8-10(17-16-9)15-11(18)13(14)4-6-19-7-5-13/h8H,4-7,14H2,1-3H3,(H2,15,16,17,18). The van der Waals surface area contributed by atoms with Crippen molar-refractivity contribution in [2.75, 3.05) is 18.5 Å². The first-order valence-corrected chi connectivity index (χ1v) is 6.55. The summed E-state index contributed by atoms with van der Waals surface area (Å²) in [7, 11) is 0. The molecule has 19 heavy (non-hydrogen) atoms. The minimum Gasteiger partial charge on any atom is -0.381 e. The molecule has 1 amide bonds. The molecule has 4 N–H and O–H groups in total. The summed E-state index contributed by atoms with van der Waals surface area (Å²) < 4.78 is 5.23. The fraction of sp³-hybridized carbons (Fsp3) is 0.692. The maximum atomic E-state index is 12.2. The first-order chi connectivity index (χ1) is 8.81. The Balaban J connectivity index is 2.04. The van der Waals surface area contributed by atoms with E-state index in [2.05, 4.69) is 36.3 Å². The van der Waals surface area contributed by atoms with Gasteiger partial charge in [-0.15, -0.1) is 0 Å². The number of H-pyrrole nitrogens is 1. The van der Waals surface area contributed by atoms with Gasteiger partial charge in [-0.25, -0.2) is 0 Å². The van der Waals surface area contributed by atoms with Crippen LogP contribution in [-0.4, -0.2) is 34.9 Å². The lowest BCUT2D eigenvalue weighted by atomic mass is 9.90. The Labute approximate surface area is 113 Å². The molecule has 1 aromatic rings. The Morgan fingerprint density at radius 3 is 2.63 bits per heavy atom. The molecule has 0 bridgehead atoms. The molecule has 0 atom stereocenters. The Bertz CT molecular complexity index is 455. The van der Waals surface area contributed by atoms with E-state index >= 15 is 0 Å². The third kappa shape index (κ3) is 3.13. The number of hydrogen-bond donors (Lipinski definition) is 3. The quantitative estimate of drug-likeness (QED) is 0.748. The Kier molecular flexibility index (Phi) is 3.64. The zero-order valence-electron chi connectivity index (χ0n) is 11.7. The van der Waals surface area contributed by atoms with Crippen molar-refractivity contribution in [3.63, 3.8) is 0 Å². The normalized spacial score (nSPS) is 19.2. The molecule has 2 rings (SSSR count). The zero-order chi connectivity index (χ0) is 14.1. The van der Waals surface area contributed by atoms with Gasteiger partial charge in [0.25, 0.3) is 0 Å². The predicted octanol–water partition coefficient (Wildman–Crippen LogP) is 1.15. The van der Waals surface area contributed by atoms with Crippen LogP contribution in [0.1, 0.15) is 39.3 Å². The van der Waals surface area contributed by atoms with Crippen LogP contribution in [-0.2, 0) is 14.9 Å². The molecule has 1 aliphatic rings. The topological polar surface area (TPSA) is 93.0 Å². The minimum absolute atomic E-state index is 0.0327. The fourth-order valence-corrected chi connectivity index (χ4v) is 1.97. The van der Waals surface area contributed by atoms with Gasteiger partial charge < -0.3 is 15.8 Å². The van der Waals surface area contributed by atoms with E-state index in [4.69, 9.17) is 10.5 Å². The number of rotatable bonds is 2. The van der Waals surface area contributed by atoms with Gasteiger partial charge in [0.05, 0.1) is 0 Å². The Morgan fingerprint density at radius 2 is 2.11 bits per heavy atom. The van der Waals surface area contributed by atoms with Crippen LogP contribution in [0, 0.1) is 0 Å². The third-order valence-electron chi connectivity index (χ3n) is 3.46. The van der Waals surface area contributed by atoms with Gasteiger partial charge in [-0.2, -0.15) is 5.10 Å². The molecule has 2 heterocycles. The van der Waals surface area contributed by atoms with Gasteiger partial charge in [-0.05, 0) is 12.8 Å². The number of carbonyl (C=O) groups excluding carboxylic acids is 1. The van der Waals surface area contributed by atoms with Crippen molar-refractivity contribution in [1.29, 1.82) is 0 Å². The number of amides is 1. The highest BCUT2D eigenvalue weighted by Gasteiger charge is 2.36. The molecule has 1 fully saturated rings. The first kappa shape index (κ1) is 14.0. The van der Waals surface area contributed by atoms with E-state index in [0.29, 0.717) is 31.9 Å². The number of nitrogens with one attached hydrogen (secondary N) is 2. The highest BCUT2D eigenvalue weighted by molar-refractivity contribution is 5.97. The Morgan fingerprint density at radius 1 is 1.47 bits per heavy atom. The highest BCUT2D eigenvalue weighted by Crippen LogP contribution is 2.23. The maximum Gasteiger partial charge on any atom is 0.245 e. The van der Waals surface area contributed by atoms with Gasteiger partial charge in [0.1, 0.15) is 5.54 Å². The second-order valence-electron chi connectivity index (χ2n) is 6.14. The van der Waals surface area contributed by atoms with E-state index in [1.54, 1.807) is 0 Å². The summed E-state index contributed by atoms with van der Waals surface area (Å²) >= 11 is 0. The average Bonchev–Trinajstić information content (AvgIpc) is 2.78. The minimum atomic E-state index is -0.848. The van der Waals surface area contributed by atoms with Crippen molar-refractivity contribution in [3.8, 4) is 0 Å². The molecule has 0 unspecified atom stereocenters. The lowest BCUT2D eigenvalue weighted by Crippen LogP contribution is -2.54. The van der Waals surface area contributed by atoms with Crippen molar-refractivity contribution < 1.29 is 9.53 Å². The lowest BCUT2D eigenvalue weighted by Gasteiger charge is -2.31. The van der Waals surface area contributed by atoms with E-state index in [1.807, 2.05) is 6.07 Å². The molecular weight excluding hydrogens is 244 g/mol. The molecule has 0 aliphatic carbocycles. The predicted molar refractivity (Wildman–Crippen MR) is 72.9 cm³/mol. The summed E-state index contributed by atoms with van der Waals surface area (Å²) in [6.07, 6.45) is 1.07. The number of nitrogens with two attached hydrogens (primary N) is 1. The van der Waals surface area contributed by atoms with Crippen LogP contribution in [0.3, 0.4) is 0 Å². The lowest BCUT2D eigenvalue weighted by molar-refractivity contribution is -0.124. The van der Waals surface area contributed by atoms with Crippen molar-refractivity contribution in [3.05, 3.63) is 11.8 Å². The number of ether oxygens (including phenoxy) is 1. The summed E-state index contributed by atoms with van der Waals surface area (Å²) in [6, 6.07) is 1.85. The molecule has 1 aromatic heterocycles. The van der Waals surface area contributed by atoms with Crippen molar-refractivity contribution >= 4 is 11.7 Å². The number of hydrogen-bond acceptors (Lipinski definition) is 4. The molecule has 0 aromatic carbocycles. The van der Waals surface area contributed by atoms with Crippen LogP contribution in [0.4, 0.5) is 5.82 Å². The van der Waals surface area contributed by atoms with Crippen molar-refractivity contribution in [1.82, 2.24) is 10.2 Å². The first-order valence-electron chi connectivity index (χ1n) is 6.55. The second-order valence-corrected chi connectivity index (χ2v) is 6.14. The largest absolute Gasteiger partial charge is 0.381 e. The molecule has 106 valence electrons. The molecular formula is C13H22N4O2. The smallest absolute Gasteiger partial charge is 0.245 e. The van der Waals surface area contributed by atoms with Crippen LogP contribution in [0.2, 0.25) is 0 Å². The van der Waals surface area contributed by atoms with E-state index < -0.39 is 5.54 Å². The number of nitrogens with zero attached hydrogens (tertiary/aromatic N) is 1. The van der Waals surface area contributed by atoms with E-state index in [1.165, 1.54) is 0 Å². The number of anilines is 1. The van der Waals surface area contributed by atoms with Gasteiger partial charge in [-0.3, -0.25) is 9.89 Å². The van der Waals surface area contributed by atoms with Crippen LogP contribution in [0.25, 0.3) is 0 Å². The third-order valence-corrected chi connectivity index (χ3v) is 3.46. The summed E-state index contributed by atoms with van der Waals surface area (Å²) in [5.41, 5.74) is 6.21. The van der Waals surface area contributed by atoms with Crippen molar-refractivity contribution in [2.45, 2.75) is 44.6 Å². The van der Waals surface area contributed by atoms with E-state index in [-0.39, 0.29) is 11.3 Å².